The summed E-state index contributed by atoms with van der Waals surface area (Å²) >= 11 is 0. The van der Waals surface area contributed by atoms with Gasteiger partial charge >= 0.3 is 0 Å². The second-order valence-electron chi connectivity index (χ2n) is 4.31. The Kier molecular flexibility index (Phi) is 3.90. The van der Waals surface area contributed by atoms with Crippen LogP contribution in [0.4, 0.5) is 14.5 Å². The number of hydrogen-bond donors (Lipinski definition) is 1. The summed E-state index contributed by atoms with van der Waals surface area (Å²) in [5.74, 6) is -1.01. The summed E-state index contributed by atoms with van der Waals surface area (Å²) in [6, 6.07) is 9.92. The highest BCUT2D eigenvalue weighted by atomic mass is 19.1. The number of anilines is 1. The minimum Gasteiger partial charge on any atom is -0.325 e. The normalized spacial score (nSPS) is 10.3. The van der Waals surface area contributed by atoms with Crippen molar-refractivity contribution in [3.63, 3.8) is 0 Å². The van der Waals surface area contributed by atoms with Gasteiger partial charge in [-0.15, -0.1) is 0 Å². The van der Waals surface area contributed by atoms with Crippen molar-refractivity contribution in [1.82, 2.24) is 0 Å². The van der Waals surface area contributed by atoms with Gasteiger partial charge in [0, 0.05) is 5.69 Å². The quantitative estimate of drug-likeness (QED) is 0.900. The van der Waals surface area contributed by atoms with Gasteiger partial charge in [-0.2, -0.15) is 0 Å². The molecule has 0 fully saturated rings. The molecule has 0 saturated carbocycles. The molecule has 0 spiro atoms. The first-order chi connectivity index (χ1) is 9.04. The predicted octanol–water partition coefficient (Wildman–Crippen LogP) is 3.45. The monoisotopic (exact) mass is 261 g/mol. The van der Waals surface area contributed by atoms with E-state index in [0.717, 1.165) is 5.56 Å². The largest absolute Gasteiger partial charge is 0.325 e. The van der Waals surface area contributed by atoms with Crippen LogP contribution in [0.15, 0.2) is 42.5 Å². The highest BCUT2D eigenvalue weighted by molar-refractivity contribution is 5.92. The molecule has 98 valence electrons. The summed E-state index contributed by atoms with van der Waals surface area (Å²) in [6.07, 6.45) is 0.121. The molecule has 2 aromatic rings. The summed E-state index contributed by atoms with van der Waals surface area (Å²) in [5, 5.41) is 2.64. The van der Waals surface area contributed by atoms with Gasteiger partial charge < -0.3 is 5.32 Å². The Morgan fingerprint density at radius 1 is 1.05 bits per heavy atom. The lowest BCUT2D eigenvalue weighted by molar-refractivity contribution is -0.115. The molecule has 0 unspecified atom stereocenters. The van der Waals surface area contributed by atoms with Crippen LogP contribution >= 0.6 is 0 Å². The predicted molar refractivity (Wildman–Crippen MR) is 69.9 cm³/mol. The molecule has 0 atom stereocenters. The zero-order valence-electron chi connectivity index (χ0n) is 10.4. The molecule has 0 aliphatic carbocycles. The van der Waals surface area contributed by atoms with Crippen LogP contribution in [0.25, 0.3) is 0 Å². The first-order valence-corrected chi connectivity index (χ1v) is 5.85. The Labute approximate surface area is 110 Å². The van der Waals surface area contributed by atoms with E-state index < -0.39 is 5.82 Å². The Bertz CT molecular complexity index is 594. The lowest BCUT2D eigenvalue weighted by atomic mass is 10.1. The second-order valence-corrected chi connectivity index (χ2v) is 4.31. The molecule has 0 aromatic heterocycles. The van der Waals surface area contributed by atoms with Crippen LogP contribution < -0.4 is 5.32 Å². The molecule has 0 aliphatic heterocycles. The zero-order valence-corrected chi connectivity index (χ0v) is 10.4. The van der Waals surface area contributed by atoms with Crippen LogP contribution in [0.1, 0.15) is 11.1 Å². The number of aryl methyl sites for hydroxylation is 1. The first kappa shape index (κ1) is 13.2. The van der Waals surface area contributed by atoms with Crippen molar-refractivity contribution in [3.8, 4) is 0 Å². The Morgan fingerprint density at radius 3 is 2.37 bits per heavy atom. The van der Waals surface area contributed by atoms with E-state index in [0.29, 0.717) is 11.3 Å². The number of carbonyl (C=O) groups is 1. The molecule has 2 nitrogen and oxygen atoms in total. The molecule has 4 heteroatoms. The third-order valence-electron chi connectivity index (χ3n) is 2.75. The van der Waals surface area contributed by atoms with Crippen LogP contribution in [0.2, 0.25) is 0 Å². The lowest BCUT2D eigenvalue weighted by Gasteiger charge is -2.08. The minimum atomic E-state index is -0.400. The Hall–Kier alpha value is -2.23. The summed E-state index contributed by atoms with van der Waals surface area (Å²) in [7, 11) is 0. The van der Waals surface area contributed by atoms with Gasteiger partial charge in [-0.3, -0.25) is 4.79 Å². The molecule has 0 heterocycles. The maximum absolute atomic E-state index is 13.1. The number of halogens is 2. The fourth-order valence-corrected chi connectivity index (χ4v) is 1.71. The SMILES string of the molecule is Cc1ccc(F)cc1NC(=O)Cc1ccc(F)cc1. The van der Waals surface area contributed by atoms with E-state index in [9.17, 15) is 13.6 Å². The third-order valence-corrected chi connectivity index (χ3v) is 2.75. The zero-order chi connectivity index (χ0) is 13.8. The van der Waals surface area contributed by atoms with Crippen LogP contribution in [-0.4, -0.2) is 5.91 Å². The van der Waals surface area contributed by atoms with Gasteiger partial charge in [0.05, 0.1) is 6.42 Å². The molecule has 2 rings (SSSR count). The maximum atomic E-state index is 13.1. The molecule has 19 heavy (non-hydrogen) atoms. The molecule has 0 bridgehead atoms. The topological polar surface area (TPSA) is 29.1 Å². The van der Waals surface area contributed by atoms with Crippen LogP contribution in [-0.2, 0) is 11.2 Å². The lowest BCUT2D eigenvalue weighted by Crippen LogP contribution is -2.15. The molecule has 0 radical (unpaired) electrons. The average molecular weight is 261 g/mol. The molecule has 2 aromatic carbocycles. The maximum Gasteiger partial charge on any atom is 0.228 e. The van der Waals surface area contributed by atoms with E-state index in [1.54, 1.807) is 25.1 Å². The average Bonchev–Trinajstić information content (AvgIpc) is 2.37. The number of carbonyl (C=O) groups excluding carboxylic acids is 1. The van der Waals surface area contributed by atoms with Gasteiger partial charge in [-0.25, -0.2) is 8.78 Å². The Balaban J connectivity index is 2.05. The first-order valence-electron chi connectivity index (χ1n) is 5.85. The number of benzene rings is 2. The van der Waals surface area contributed by atoms with Crippen LogP contribution in [0.5, 0.6) is 0 Å². The van der Waals surface area contributed by atoms with E-state index in [1.807, 2.05) is 0 Å². The number of amides is 1. The van der Waals surface area contributed by atoms with E-state index in [1.165, 1.54) is 24.3 Å². The summed E-state index contributed by atoms with van der Waals surface area (Å²) < 4.78 is 25.8. The molecule has 0 aliphatic rings. The van der Waals surface area contributed by atoms with Gasteiger partial charge in [-0.05, 0) is 42.3 Å². The van der Waals surface area contributed by atoms with Crippen LogP contribution in [0.3, 0.4) is 0 Å². The highest BCUT2D eigenvalue weighted by Crippen LogP contribution is 2.16. The summed E-state index contributed by atoms with van der Waals surface area (Å²) in [6.45, 7) is 1.78. The van der Waals surface area contributed by atoms with Crippen molar-refractivity contribution in [2.45, 2.75) is 13.3 Å². The molecule has 0 saturated heterocycles. The molecule has 1 amide bonds. The fourth-order valence-electron chi connectivity index (χ4n) is 1.71. The van der Waals surface area contributed by atoms with E-state index in [2.05, 4.69) is 5.32 Å². The van der Waals surface area contributed by atoms with Crippen molar-refractivity contribution in [2.24, 2.45) is 0 Å². The van der Waals surface area contributed by atoms with Crippen molar-refractivity contribution in [1.29, 1.82) is 0 Å². The van der Waals surface area contributed by atoms with Gasteiger partial charge in [0.1, 0.15) is 11.6 Å². The second kappa shape index (κ2) is 5.61. The van der Waals surface area contributed by atoms with Gasteiger partial charge in [-0.1, -0.05) is 18.2 Å². The van der Waals surface area contributed by atoms with Gasteiger partial charge in [0.2, 0.25) is 5.91 Å². The van der Waals surface area contributed by atoms with Crippen molar-refractivity contribution >= 4 is 11.6 Å². The number of nitrogens with one attached hydrogen (secondary N) is 1. The van der Waals surface area contributed by atoms with E-state index in [-0.39, 0.29) is 18.1 Å². The number of hydrogen-bond acceptors (Lipinski definition) is 1. The van der Waals surface area contributed by atoms with Crippen LogP contribution in [0, 0.1) is 18.6 Å². The van der Waals surface area contributed by atoms with Gasteiger partial charge in [0.15, 0.2) is 0 Å². The third kappa shape index (κ3) is 3.61. The minimum absolute atomic E-state index is 0.121. The molecule has 1 N–H and O–H groups in total. The smallest absolute Gasteiger partial charge is 0.228 e. The number of rotatable bonds is 3. The summed E-state index contributed by atoms with van der Waals surface area (Å²) in [5.41, 5.74) is 1.94. The van der Waals surface area contributed by atoms with Crippen molar-refractivity contribution in [2.75, 3.05) is 5.32 Å². The summed E-state index contributed by atoms with van der Waals surface area (Å²) in [4.78, 5) is 11.8. The Morgan fingerprint density at radius 2 is 1.68 bits per heavy atom. The van der Waals surface area contributed by atoms with Crippen molar-refractivity contribution in [3.05, 3.63) is 65.2 Å². The fraction of sp³-hybridized carbons (Fsp3) is 0.133. The van der Waals surface area contributed by atoms with Gasteiger partial charge in [0.25, 0.3) is 0 Å². The van der Waals surface area contributed by atoms with Crippen molar-refractivity contribution < 1.29 is 13.6 Å². The van der Waals surface area contributed by atoms with E-state index in [4.69, 9.17) is 0 Å². The standard InChI is InChI=1S/C15H13F2NO/c1-10-2-5-13(17)9-14(10)18-15(19)8-11-3-6-12(16)7-4-11/h2-7,9H,8H2,1H3,(H,18,19). The highest BCUT2D eigenvalue weighted by Gasteiger charge is 2.07. The molecular formula is C15H13F2NO. The van der Waals surface area contributed by atoms with E-state index >= 15 is 0 Å². The molecular weight excluding hydrogens is 248 g/mol.